The Bertz CT molecular complexity index is 793. The van der Waals surface area contributed by atoms with E-state index in [4.69, 9.17) is 16.7 Å². The van der Waals surface area contributed by atoms with Gasteiger partial charge in [0.15, 0.2) is 5.82 Å². The summed E-state index contributed by atoms with van der Waals surface area (Å²) in [5.41, 5.74) is -0.593. The van der Waals surface area contributed by atoms with Crippen molar-refractivity contribution >= 4 is 33.3 Å². The van der Waals surface area contributed by atoms with Gasteiger partial charge in [0.05, 0.1) is 5.56 Å². The van der Waals surface area contributed by atoms with Gasteiger partial charge in [-0.3, -0.25) is 4.72 Å². The molecule has 110 valence electrons. The quantitative estimate of drug-likeness (QED) is 0.903. The van der Waals surface area contributed by atoms with E-state index in [1.807, 2.05) is 0 Å². The number of sulfonamides is 1. The molecule has 2 aromatic rings. The minimum atomic E-state index is -4.30. The molecule has 0 unspecified atom stereocenters. The number of halogens is 2. The predicted molar refractivity (Wildman–Crippen MR) is 75.6 cm³/mol. The summed E-state index contributed by atoms with van der Waals surface area (Å²) in [6.45, 7) is 0. The van der Waals surface area contributed by atoms with E-state index in [1.54, 1.807) is 18.2 Å². The number of carbonyl (C=O) groups is 1. The van der Waals surface area contributed by atoms with E-state index in [9.17, 15) is 17.6 Å². The molecule has 5 nitrogen and oxygen atoms in total. The van der Waals surface area contributed by atoms with Gasteiger partial charge in [0.25, 0.3) is 10.0 Å². The molecule has 21 heavy (non-hydrogen) atoms. The van der Waals surface area contributed by atoms with Crippen LogP contribution in [0, 0.1) is 5.82 Å². The molecule has 2 N–H and O–H groups in total. The molecule has 0 saturated carbocycles. The number of benzene rings is 2. The van der Waals surface area contributed by atoms with Crippen molar-refractivity contribution in [3.05, 3.63) is 58.9 Å². The smallest absolute Gasteiger partial charge is 0.338 e. The summed E-state index contributed by atoms with van der Waals surface area (Å²) in [4.78, 5) is 10.1. The Kier molecular flexibility index (Phi) is 4.15. The number of rotatable bonds is 4. The lowest BCUT2D eigenvalue weighted by molar-refractivity contribution is 0.0691. The van der Waals surface area contributed by atoms with Gasteiger partial charge in [0, 0.05) is 10.7 Å². The lowest BCUT2D eigenvalue weighted by Crippen LogP contribution is -2.16. The third-order valence-electron chi connectivity index (χ3n) is 2.55. The van der Waals surface area contributed by atoms with E-state index in [-0.39, 0.29) is 10.7 Å². The standard InChI is InChI=1S/C13H9ClFNO4S/c14-8-6-10(13(17)18)12(15)11(7-8)21(19,20)16-9-4-2-1-3-5-9/h1-7,16H,(H,17,18). The van der Waals surface area contributed by atoms with Crippen molar-refractivity contribution in [1.82, 2.24) is 0 Å². The number of aromatic carboxylic acids is 1. The second-order valence-corrected chi connectivity index (χ2v) is 6.13. The van der Waals surface area contributed by atoms with Crippen molar-refractivity contribution in [1.29, 1.82) is 0 Å². The zero-order valence-corrected chi connectivity index (χ0v) is 12.0. The third kappa shape index (κ3) is 3.32. The summed E-state index contributed by atoms with van der Waals surface area (Å²) in [5, 5.41) is 8.66. The van der Waals surface area contributed by atoms with Gasteiger partial charge in [0.2, 0.25) is 0 Å². The van der Waals surface area contributed by atoms with Crippen LogP contribution in [0.25, 0.3) is 0 Å². The molecule has 0 bridgehead atoms. The number of nitrogens with one attached hydrogen (secondary N) is 1. The molecule has 0 aliphatic rings. The van der Waals surface area contributed by atoms with Gasteiger partial charge >= 0.3 is 5.97 Å². The van der Waals surface area contributed by atoms with Crippen molar-refractivity contribution < 1.29 is 22.7 Å². The second-order valence-electron chi connectivity index (χ2n) is 4.04. The zero-order chi connectivity index (χ0) is 15.6. The van der Waals surface area contributed by atoms with Crippen LogP contribution >= 0.6 is 11.6 Å². The molecule has 0 spiro atoms. The Morgan fingerprint density at radius 2 is 1.81 bits per heavy atom. The largest absolute Gasteiger partial charge is 0.478 e. The fourth-order valence-electron chi connectivity index (χ4n) is 1.63. The Morgan fingerprint density at radius 3 is 2.38 bits per heavy atom. The molecular weight excluding hydrogens is 321 g/mol. The normalized spacial score (nSPS) is 11.1. The van der Waals surface area contributed by atoms with Crippen molar-refractivity contribution in [3.63, 3.8) is 0 Å². The molecule has 0 aliphatic carbocycles. The number of carboxylic acid groups (broad SMARTS) is 1. The average Bonchev–Trinajstić information content (AvgIpc) is 2.41. The number of para-hydroxylation sites is 1. The topological polar surface area (TPSA) is 83.5 Å². The minimum Gasteiger partial charge on any atom is -0.478 e. The van der Waals surface area contributed by atoms with Crippen molar-refractivity contribution in [2.75, 3.05) is 4.72 Å². The summed E-state index contributed by atoms with van der Waals surface area (Å²) >= 11 is 5.65. The first kappa shape index (κ1) is 15.3. The van der Waals surface area contributed by atoms with Crippen molar-refractivity contribution in [2.24, 2.45) is 0 Å². The third-order valence-corrected chi connectivity index (χ3v) is 4.15. The molecule has 0 saturated heterocycles. The molecule has 0 aromatic heterocycles. The number of carboxylic acids is 1. The van der Waals surface area contributed by atoms with Crippen molar-refractivity contribution in [3.8, 4) is 0 Å². The number of hydrogen-bond acceptors (Lipinski definition) is 3. The summed E-state index contributed by atoms with van der Waals surface area (Å²) in [7, 11) is -4.30. The van der Waals surface area contributed by atoms with Crippen LogP contribution in [0.3, 0.4) is 0 Å². The maximum Gasteiger partial charge on any atom is 0.338 e. The first-order valence-electron chi connectivity index (χ1n) is 5.61. The minimum absolute atomic E-state index is 0.192. The van der Waals surface area contributed by atoms with Gasteiger partial charge in [-0.25, -0.2) is 17.6 Å². The molecule has 8 heteroatoms. The van der Waals surface area contributed by atoms with E-state index < -0.39 is 32.3 Å². The van der Waals surface area contributed by atoms with Crippen LogP contribution in [-0.4, -0.2) is 19.5 Å². The first-order valence-corrected chi connectivity index (χ1v) is 7.47. The molecule has 0 amide bonds. The summed E-state index contributed by atoms with van der Waals surface area (Å²) < 4.78 is 40.5. The van der Waals surface area contributed by atoms with Crippen LogP contribution in [0.5, 0.6) is 0 Å². The molecule has 0 aliphatic heterocycles. The number of hydrogen-bond donors (Lipinski definition) is 2. The van der Waals surface area contributed by atoms with Gasteiger partial charge in [-0.15, -0.1) is 0 Å². The van der Waals surface area contributed by atoms with Crippen LogP contribution in [0.4, 0.5) is 10.1 Å². The fourth-order valence-corrected chi connectivity index (χ4v) is 3.10. The van der Waals surface area contributed by atoms with E-state index >= 15 is 0 Å². The van der Waals surface area contributed by atoms with E-state index in [0.717, 1.165) is 12.1 Å². The molecule has 2 rings (SSSR count). The Hall–Kier alpha value is -2.12. The summed E-state index contributed by atoms with van der Waals surface area (Å²) in [6, 6.07) is 9.51. The van der Waals surface area contributed by atoms with Gasteiger partial charge in [-0.05, 0) is 24.3 Å². The van der Waals surface area contributed by atoms with Gasteiger partial charge in [-0.1, -0.05) is 29.8 Å². The first-order chi connectivity index (χ1) is 9.81. The monoisotopic (exact) mass is 329 g/mol. The Labute approximate surface area is 125 Å². The highest BCUT2D eigenvalue weighted by molar-refractivity contribution is 7.92. The van der Waals surface area contributed by atoms with Gasteiger partial charge < -0.3 is 5.11 Å². The SMILES string of the molecule is O=C(O)c1cc(Cl)cc(S(=O)(=O)Nc2ccccc2)c1F. The molecule has 2 aromatic carbocycles. The molecule has 0 atom stereocenters. The molecule has 0 fully saturated rings. The fraction of sp³-hybridized carbons (Fsp3) is 0. The summed E-state index contributed by atoms with van der Waals surface area (Å²) in [6.07, 6.45) is 0. The molecule has 0 heterocycles. The van der Waals surface area contributed by atoms with Gasteiger partial charge in [0.1, 0.15) is 4.90 Å². The van der Waals surface area contributed by atoms with Crippen LogP contribution in [0.2, 0.25) is 5.02 Å². The average molecular weight is 330 g/mol. The van der Waals surface area contributed by atoms with Crippen LogP contribution in [-0.2, 0) is 10.0 Å². The van der Waals surface area contributed by atoms with E-state index in [2.05, 4.69) is 4.72 Å². The second kappa shape index (κ2) is 5.71. The Balaban J connectivity index is 2.53. The molecular formula is C13H9ClFNO4S. The molecule has 0 radical (unpaired) electrons. The van der Waals surface area contributed by atoms with Crippen LogP contribution < -0.4 is 4.72 Å². The zero-order valence-electron chi connectivity index (χ0n) is 10.4. The van der Waals surface area contributed by atoms with Crippen LogP contribution in [0.1, 0.15) is 10.4 Å². The predicted octanol–water partition coefficient (Wildman–Crippen LogP) is 2.98. The lowest BCUT2D eigenvalue weighted by atomic mass is 10.2. The maximum absolute atomic E-state index is 14.0. The van der Waals surface area contributed by atoms with Crippen molar-refractivity contribution in [2.45, 2.75) is 4.90 Å². The number of anilines is 1. The lowest BCUT2D eigenvalue weighted by Gasteiger charge is -2.10. The Morgan fingerprint density at radius 1 is 1.19 bits per heavy atom. The highest BCUT2D eigenvalue weighted by Gasteiger charge is 2.25. The van der Waals surface area contributed by atoms with Gasteiger partial charge in [-0.2, -0.15) is 0 Å². The summed E-state index contributed by atoms with van der Waals surface area (Å²) in [5.74, 6) is -2.97. The highest BCUT2D eigenvalue weighted by Crippen LogP contribution is 2.25. The maximum atomic E-state index is 14.0. The highest BCUT2D eigenvalue weighted by atomic mass is 35.5. The van der Waals surface area contributed by atoms with Crippen LogP contribution in [0.15, 0.2) is 47.4 Å². The van der Waals surface area contributed by atoms with E-state index in [0.29, 0.717) is 0 Å². The van der Waals surface area contributed by atoms with E-state index in [1.165, 1.54) is 12.1 Å².